The third kappa shape index (κ3) is 4.99. The molecule has 0 aliphatic heterocycles. The minimum atomic E-state index is 0.0455. The summed E-state index contributed by atoms with van der Waals surface area (Å²) < 4.78 is 0. The van der Waals surface area contributed by atoms with E-state index in [0.29, 0.717) is 5.92 Å². The number of rotatable bonds is 8. The SMILES string of the molecule is CC(CCNC(=O)c1ccccc1)CCC(C)C1CC1. The van der Waals surface area contributed by atoms with Crippen LogP contribution in [0.25, 0.3) is 0 Å². The highest BCUT2D eigenvalue weighted by atomic mass is 16.1. The minimum Gasteiger partial charge on any atom is -0.352 e. The van der Waals surface area contributed by atoms with Crippen LogP contribution < -0.4 is 5.32 Å². The largest absolute Gasteiger partial charge is 0.352 e. The van der Waals surface area contributed by atoms with E-state index >= 15 is 0 Å². The van der Waals surface area contributed by atoms with Crippen molar-refractivity contribution in [3.05, 3.63) is 35.9 Å². The molecule has 0 spiro atoms. The maximum Gasteiger partial charge on any atom is 0.251 e. The highest BCUT2D eigenvalue weighted by Gasteiger charge is 2.27. The van der Waals surface area contributed by atoms with Gasteiger partial charge in [-0.15, -0.1) is 0 Å². The summed E-state index contributed by atoms with van der Waals surface area (Å²) in [5.74, 6) is 2.66. The van der Waals surface area contributed by atoms with Gasteiger partial charge in [0.15, 0.2) is 0 Å². The Morgan fingerprint density at radius 3 is 2.50 bits per heavy atom. The summed E-state index contributed by atoms with van der Waals surface area (Å²) in [5, 5.41) is 3.01. The fourth-order valence-electron chi connectivity index (χ4n) is 2.72. The third-order valence-corrected chi connectivity index (χ3v) is 4.50. The van der Waals surface area contributed by atoms with E-state index in [0.717, 1.165) is 30.4 Å². The lowest BCUT2D eigenvalue weighted by Gasteiger charge is -2.15. The normalized spacial score (nSPS) is 17.5. The average Bonchev–Trinajstić information content (AvgIpc) is 3.30. The smallest absolute Gasteiger partial charge is 0.251 e. The third-order valence-electron chi connectivity index (χ3n) is 4.50. The number of amides is 1. The Bertz CT molecular complexity index is 411. The van der Waals surface area contributed by atoms with Gasteiger partial charge >= 0.3 is 0 Å². The molecule has 0 bridgehead atoms. The zero-order chi connectivity index (χ0) is 14.4. The van der Waals surface area contributed by atoms with Crippen LogP contribution in [-0.2, 0) is 0 Å². The van der Waals surface area contributed by atoms with Gasteiger partial charge in [0.05, 0.1) is 0 Å². The van der Waals surface area contributed by atoms with Crippen molar-refractivity contribution in [1.82, 2.24) is 5.32 Å². The van der Waals surface area contributed by atoms with E-state index in [1.54, 1.807) is 0 Å². The first-order valence-electron chi connectivity index (χ1n) is 8.00. The van der Waals surface area contributed by atoms with Crippen LogP contribution in [0.5, 0.6) is 0 Å². The highest BCUT2D eigenvalue weighted by Crippen LogP contribution is 2.39. The van der Waals surface area contributed by atoms with Crippen LogP contribution >= 0.6 is 0 Å². The van der Waals surface area contributed by atoms with Crippen molar-refractivity contribution in [2.24, 2.45) is 17.8 Å². The molecular weight excluding hydrogens is 246 g/mol. The number of hydrogen-bond acceptors (Lipinski definition) is 1. The maximum atomic E-state index is 11.9. The van der Waals surface area contributed by atoms with Crippen LogP contribution in [0.3, 0.4) is 0 Å². The van der Waals surface area contributed by atoms with Crippen molar-refractivity contribution in [2.45, 2.75) is 46.0 Å². The number of benzene rings is 1. The fraction of sp³-hybridized carbons (Fsp3) is 0.611. The molecule has 110 valence electrons. The first-order valence-corrected chi connectivity index (χ1v) is 8.00. The average molecular weight is 273 g/mol. The van der Waals surface area contributed by atoms with Crippen LogP contribution in [0.1, 0.15) is 56.3 Å². The molecule has 0 heterocycles. The summed E-state index contributed by atoms with van der Waals surface area (Å²) in [6.45, 7) is 5.47. The lowest BCUT2D eigenvalue weighted by atomic mass is 9.93. The topological polar surface area (TPSA) is 29.1 Å². The predicted molar refractivity (Wildman–Crippen MR) is 83.7 cm³/mol. The van der Waals surface area contributed by atoms with E-state index in [2.05, 4.69) is 19.2 Å². The van der Waals surface area contributed by atoms with Crippen molar-refractivity contribution >= 4 is 5.91 Å². The molecule has 2 heteroatoms. The van der Waals surface area contributed by atoms with Crippen molar-refractivity contribution in [1.29, 1.82) is 0 Å². The molecule has 2 nitrogen and oxygen atoms in total. The van der Waals surface area contributed by atoms with E-state index in [9.17, 15) is 4.79 Å². The molecule has 0 saturated heterocycles. The summed E-state index contributed by atoms with van der Waals surface area (Å²) >= 11 is 0. The van der Waals surface area contributed by atoms with Gasteiger partial charge in [0.1, 0.15) is 0 Å². The molecule has 2 atom stereocenters. The van der Waals surface area contributed by atoms with Gasteiger partial charge in [0, 0.05) is 12.1 Å². The summed E-state index contributed by atoms with van der Waals surface area (Å²) in [6.07, 6.45) is 6.61. The molecule has 1 N–H and O–H groups in total. The molecule has 0 aromatic heterocycles. The Morgan fingerprint density at radius 2 is 1.85 bits per heavy atom. The zero-order valence-corrected chi connectivity index (χ0v) is 12.8. The highest BCUT2D eigenvalue weighted by molar-refractivity contribution is 5.94. The summed E-state index contributed by atoms with van der Waals surface area (Å²) in [7, 11) is 0. The van der Waals surface area contributed by atoms with Gasteiger partial charge < -0.3 is 5.32 Å². The number of carbonyl (C=O) groups is 1. The second kappa shape index (κ2) is 7.47. The Morgan fingerprint density at radius 1 is 1.15 bits per heavy atom. The van der Waals surface area contributed by atoms with E-state index < -0.39 is 0 Å². The Hall–Kier alpha value is -1.31. The van der Waals surface area contributed by atoms with Gasteiger partial charge in [-0.1, -0.05) is 44.9 Å². The monoisotopic (exact) mass is 273 g/mol. The second-order valence-electron chi connectivity index (χ2n) is 6.41. The molecule has 2 unspecified atom stereocenters. The molecule has 2 rings (SSSR count). The molecule has 1 aliphatic rings. The molecule has 1 saturated carbocycles. The zero-order valence-electron chi connectivity index (χ0n) is 12.8. The lowest BCUT2D eigenvalue weighted by molar-refractivity contribution is 0.0951. The van der Waals surface area contributed by atoms with Crippen molar-refractivity contribution in [3.63, 3.8) is 0 Å². The quantitative estimate of drug-likeness (QED) is 0.753. The molecule has 0 radical (unpaired) electrons. The molecule has 1 aliphatic carbocycles. The minimum absolute atomic E-state index is 0.0455. The lowest BCUT2D eigenvalue weighted by Crippen LogP contribution is -2.25. The molecule has 20 heavy (non-hydrogen) atoms. The van der Waals surface area contributed by atoms with Crippen LogP contribution in [0, 0.1) is 17.8 Å². The Balaban J connectivity index is 1.59. The molecule has 1 aromatic rings. The molecule has 1 amide bonds. The van der Waals surface area contributed by atoms with Gasteiger partial charge in [0.25, 0.3) is 5.91 Å². The standard InChI is InChI=1S/C18H27NO/c1-14(8-9-15(2)16-10-11-16)12-13-19-18(20)17-6-4-3-5-7-17/h3-7,14-16H,8-13H2,1-2H3,(H,19,20). The maximum absolute atomic E-state index is 11.9. The van der Waals surface area contributed by atoms with Crippen LogP contribution in [0.2, 0.25) is 0 Å². The van der Waals surface area contributed by atoms with Crippen molar-refractivity contribution in [2.75, 3.05) is 6.54 Å². The van der Waals surface area contributed by atoms with Crippen molar-refractivity contribution < 1.29 is 4.79 Å². The van der Waals surface area contributed by atoms with Crippen LogP contribution in [0.15, 0.2) is 30.3 Å². The van der Waals surface area contributed by atoms with E-state index in [1.807, 2.05) is 30.3 Å². The van der Waals surface area contributed by atoms with Gasteiger partial charge in [-0.05, 0) is 49.1 Å². The van der Waals surface area contributed by atoms with Gasteiger partial charge in [-0.2, -0.15) is 0 Å². The van der Waals surface area contributed by atoms with E-state index in [4.69, 9.17) is 0 Å². The van der Waals surface area contributed by atoms with Gasteiger partial charge in [-0.25, -0.2) is 0 Å². The van der Waals surface area contributed by atoms with E-state index in [1.165, 1.54) is 25.7 Å². The molecule has 1 aromatic carbocycles. The summed E-state index contributed by atoms with van der Waals surface area (Å²) in [6, 6.07) is 9.44. The van der Waals surface area contributed by atoms with Crippen molar-refractivity contribution in [3.8, 4) is 0 Å². The summed E-state index contributed by atoms with van der Waals surface area (Å²) in [5.41, 5.74) is 0.752. The fourth-order valence-corrected chi connectivity index (χ4v) is 2.72. The van der Waals surface area contributed by atoms with Gasteiger partial charge in [-0.3, -0.25) is 4.79 Å². The Labute approximate surface area is 123 Å². The van der Waals surface area contributed by atoms with Gasteiger partial charge in [0.2, 0.25) is 0 Å². The molecular formula is C18H27NO. The van der Waals surface area contributed by atoms with Crippen LogP contribution in [0.4, 0.5) is 0 Å². The molecule has 1 fully saturated rings. The first-order chi connectivity index (χ1) is 9.66. The second-order valence-corrected chi connectivity index (χ2v) is 6.41. The Kier molecular flexibility index (Phi) is 5.63. The number of carbonyl (C=O) groups excluding carboxylic acids is 1. The summed E-state index contributed by atoms with van der Waals surface area (Å²) in [4.78, 5) is 11.9. The number of nitrogens with one attached hydrogen (secondary N) is 1. The number of hydrogen-bond donors (Lipinski definition) is 1. The van der Waals surface area contributed by atoms with Crippen LogP contribution in [-0.4, -0.2) is 12.5 Å². The first kappa shape index (κ1) is 15.1. The predicted octanol–water partition coefficient (Wildman–Crippen LogP) is 4.27. The van der Waals surface area contributed by atoms with E-state index in [-0.39, 0.29) is 5.91 Å².